The topological polar surface area (TPSA) is 49.8 Å². The highest BCUT2D eigenvalue weighted by molar-refractivity contribution is 5.71. The van der Waals surface area contributed by atoms with Crippen LogP contribution in [0.15, 0.2) is 18.2 Å². The summed E-state index contributed by atoms with van der Waals surface area (Å²) >= 11 is 0. The third-order valence-corrected chi connectivity index (χ3v) is 4.62. The number of ether oxygens (including phenoxy) is 1. The Hall–Kier alpha value is -1.62. The van der Waals surface area contributed by atoms with E-state index in [0.717, 1.165) is 24.9 Å². The lowest BCUT2D eigenvalue weighted by molar-refractivity contribution is -0.142. The summed E-state index contributed by atoms with van der Waals surface area (Å²) in [5.74, 6) is 0.155. The van der Waals surface area contributed by atoms with Crippen LogP contribution in [0.3, 0.4) is 0 Å². The number of halogens is 1. The number of aliphatic carboxylic acids is 1. The van der Waals surface area contributed by atoms with Gasteiger partial charge in [-0.15, -0.1) is 0 Å². The Bertz CT molecular complexity index is 544. The second-order valence-corrected chi connectivity index (χ2v) is 6.10. The van der Waals surface area contributed by atoms with E-state index in [4.69, 9.17) is 4.74 Å². The molecule has 21 heavy (non-hydrogen) atoms. The maximum absolute atomic E-state index is 13.4. The molecule has 3 rings (SSSR count). The van der Waals surface area contributed by atoms with Crippen molar-refractivity contribution in [1.29, 1.82) is 0 Å². The molecule has 4 nitrogen and oxygen atoms in total. The summed E-state index contributed by atoms with van der Waals surface area (Å²) in [6.07, 6.45) is 2.29. The average molecular weight is 293 g/mol. The number of likely N-dealkylation sites (tertiary alicyclic amines) is 1. The zero-order valence-corrected chi connectivity index (χ0v) is 12.1. The number of methoxy groups -OCH3 is 1. The molecule has 1 heterocycles. The Morgan fingerprint density at radius 3 is 2.81 bits per heavy atom. The number of rotatable bonds is 5. The van der Waals surface area contributed by atoms with E-state index in [1.165, 1.54) is 12.1 Å². The van der Waals surface area contributed by atoms with Gasteiger partial charge in [0.05, 0.1) is 13.0 Å². The van der Waals surface area contributed by atoms with Crippen LogP contribution in [0.1, 0.15) is 18.4 Å². The van der Waals surface area contributed by atoms with Crippen molar-refractivity contribution in [3.05, 3.63) is 29.6 Å². The Morgan fingerprint density at radius 2 is 2.19 bits per heavy atom. The summed E-state index contributed by atoms with van der Waals surface area (Å²) in [5.41, 5.74) is 0.776. The second kappa shape index (κ2) is 5.64. The van der Waals surface area contributed by atoms with Crippen LogP contribution >= 0.6 is 0 Å². The molecule has 0 bridgehead atoms. The minimum absolute atomic E-state index is 0.238. The van der Waals surface area contributed by atoms with E-state index in [0.29, 0.717) is 24.8 Å². The summed E-state index contributed by atoms with van der Waals surface area (Å²) in [6, 6.07) is 4.46. The smallest absolute Gasteiger partial charge is 0.308 e. The molecule has 1 aliphatic heterocycles. The molecule has 0 amide bonds. The van der Waals surface area contributed by atoms with Gasteiger partial charge in [0.25, 0.3) is 0 Å². The van der Waals surface area contributed by atoms with Crippen LogP contribution in [-0.4, -0.2) is 36.2 Å². The minimum atomic E-state index is -0.708. The van der Waals surface area contributed by atoms with Crippen LogP contribution in [0.4, 0.5) is 4.39 Å². The van der Waals surface area contributed by atoms with Crippen LogP contribution in [0.25, 0.3) is 0 Å². The molecular formula is C16H20FNO3. The first-order valence-corrected chi connectivity index (χ1v) is 7.36. The zero-order chi connectivity index (χ0) is 15.0. The number of hydrogen-bond donors (Lipinski definition) is 1. The predicted molar refractivity (Wildman–Crippen MR) is 75.6 cm³/mol. The predicted octanol–water partition coefficient (Wildman–Crippen LogP) is 2.38. The number of carboxylic acid groups (broad SMARTS) is 1. The van der Waals surface area contributed by atoms with Crippen molar-refractivity contribution in [2.45, 2.75) is 19.4 Å². The zero-order valence-electron chi connectivity index (χ0n) is 12.1. The molecule has 1 aromatic rings. The van der Waals surface area contributed by atoms with Crippen LogP contribution in [0.5, 0.6) is 5.75 Å². The molecule has 0 unspecified atom stereocenters. The molecule has 114 valence electrons. The summed E-state index contributed by atoms with van der Waals surface area (Å²) in [6.45, 7) is 1.85. The molecule has 1 aliphatic carbocycles. The van der Waals surface area contributed by atoms with Gasteiger partial charge in [-0.3, -0.25) is 9.69 Å². The monoisotopic (exact) mass is 293 g/mol. The summed E-state index contributed by atoms with van der Waals surface area (Å²) in [7, 11) is 1.56. The number of benzene rings is 1. The normalized spacial score (nSPS) is 26.0. The van der Waals surface area contributed by atoms with Gasteiger partial charge in [-0.25, -0.2) is 4.39 Å². The molecule has 2 atom stereocenters. The first-order valence-electron chi connectivity index (χ1n) is 7.36. The molecule has 0 radical (unpaired) electrons. The maximum atomic E-state index is 13.4. The lowest BCUT2D eigenvalue weighted by Gasteiger charge is -2.17. The fraction of sp³-hybridized carbons (Fsp3) is 0.562. The van der Waals surface area contributed by atoms with Gasteiger partial charge in [-0.2, -0.15) is 0 Å². The molecular weight excluding hydrogens is 273 g/mol. The van der Waals surface area contributed by atoms with E-state index in [1.807, 2.05) is 0 Å². The molecule has 0 aromatic heterocycles. The standard InChI is InChI=1S/C16H20FNO3/c1-21-15-5-4-12(17)6-11(15)7-18-8-13(10-2-3-10)14(9-18)16(19)20/h4-6,10,13-14H,2-3,7-9H2,1H3,(H,19,20)/t13-,14+/m1/s1. The van der Waals surface area contributed by atoms with Gasteiger partial charge in [0.15, 0.2) is 0 Å². The number of carbonyl (C=O) groups is 1. The molecule has 1 saturated carbocycles. The Kier molecular flexibility index (Phi) is 3.85. The van der Waals surface area contributed by atoms with Gasteiger partial charge < -0.3 is 9.84 Å². The van der Waals surface area contributed by atoms with E-state index < -0.39 is 5.97 Å². The van der Waals surface area contributed by atoms with Crippen molar-refractivity contribution < 1.29 is 19.0 Å². The third-order valence-electron chi connectivity index (χ3n) is 4.62. The third kappa shape index (κ3) is 3.02. The lowest BCUT2D eigenvalue weighted by Crippen LogP contribution is -2.24. The molecule has 2 fully saturated rings. The second-order valence-electron chi connectivity index (χ2n) is 6.10. The largest absolute Gasteiger partial charge is 0.496 e. The van der Waals surface area contributed by atoms with E-state index in [9.17, 15) is 14.3 Å². The highest BCUT2D eigenvalue weighted by Crippen LogP contribution is 2.44. The highest BCUT2D eigenvalue weighted by atomic mass is 19.1. The van der Waals surface area contributed by atoms with Crippen molar-refractivity contribution in [3.8, 4) is 5.75 Å². The molecule has 1 aromatic carbocycles. The number of carboxylic acids is 1. The fourth-order valence-corrected chi connectivity index (χ4v) is 3.42. The van der Waals surface area contributed by atoms with E-state index in [-0.39, 0.29) is 17.7 Å². The molecule has 0 spiro atoms. The van der Waals surface area contributed by atoms with Crippen LogP contribution in [-0.2, 0) is 11.3 Å². The quantitative estimate of drug-likeness (QED) is 0.905. The maximum Gasteiger partial charge on any atom is 0.308 e. The van der Waals surface area contributed by atoms with Crippen LogP contribution in [0, 0.1) is 23.6 Å². The van der Waals surface area contributed by atoms with Crippen molar-refractivity contribution in [1.82, 2.24) is 4.90 Å². The Morgan fingerprint density at radius 1 is 1.43 bits per heavy atom. The van der Waals surface area contributed by atoms with Crippen LogP contribution < -0.4 is 4.74 Å². The molecule has 1 saturated heterocycles. The van der Waals surface area contributed by atoms with Gasteiger partial charge in [-0.1, -0.05) is 0 Å². The summed E-state index contributed by atoms with van der Waals surface area (Å²) in [5, 5.41) is 9.38. The summed E-state index contributed by atoms with van der Waals surface area (Å²) in [4.78, 5) is 13.5. The molecule has 5 heteroatoms. The first-order chi connectivity index (χ1) is 10.1. The Balaban J connectivity index is 1.73. The van der Waals surface area contributed by atoms with Gasteiger partial charge in [0, 0.05) is 25.2 Å². The van der Waals surface area contributed by atoms with Crippen molar-refractivity contribution in [2.24, 2.45) is 17.8 Å². The summed E-state index contributed by atoms with van der Waals surface area (Å²) < 4.78 is 18.7. The highest BCUT2D eigenvalue weighted by Gasteiger charge is 2.45. The molecule has 1 N–H and O–H groups in total. The van der Waals surface area contributed by atoms with Gasteiger partial charge in [0.2, 0.25) is 0 Å². The van der Waals surface area contributed by atoms with Gasteiger partial charge in [-0.05, 0) is 42.9 Å². The van der Waals surface area contributed by atoms with E-state index >= 15 is 0 Å². The molecule has 2 aliphatic rings. The minimum Gasteiger partial charge on any atom is -0.496 e. The lowest BCUT2D eigenvalue weighted by atomic mass is 9.92. The van der Waals surface area contributed by atoms with Crippen molar-refractivity contribution in [3.63, 3.8) is 0 Å². The first kappa shape index (κ1) is 14.3. The van der Waals surface area contributed by atoms with E-state index in [2.05, 4.69) is 4.90 Å². The van der Waals surface area contributed by atoms with Crippen LogP contribution in [0.2, 0.25) is 0 Å². The van der Waals surface area contributed by atoms with Gasteiger partial charge in [0.1, 0.15) is 11.6 Å². The number of hydrogen-bond acceptors (Lipinski definition) is 3. The Labute approximate surface area is 123 Å². The van der Waals surface area contributed by atoms with Crippen molar-refractivity contribution >= 4 is 5.97 Å². The fourth-order valence-electron chi connectivity index (χ4n) is 3.42. The number of nitrogens with zero attached hydrogens (tertiary/aromatic N) is 1. The van der Waals surface area contributed by atoms with E-state index in [1.54, 1.807) is 13.2 Å². The van der Waals surface area contributed by atoms with Crippen molar-refractivity contribution in [2.75, 3.05) is 20.2 Å². The van der Waals surface area contributed by atoms with Gasteiger partial charge >= 0.3 is 5.97 Å². The average Bonchev–Trinajstić information content (AvgIpc) is 3.20. The SMILES string of the molecule is COc1ccc(F)cc1CN1C[C@H](C(=O)O)[C@@H](C2CC2)C1.